The molecule has 0 radical (unpaired) electrons. The molecule has 114 valence electrons. The molecule has 1 fully saturated rings. The highest BCUT2D eigenvalue weighted by Crippen LogP contribution is 2.19. The van der Waals surface area contributed by atoms with Gasteiger partial charge in [-0.1, -0.05) is 13.5 Å². The molecule has 2 rings (SSSR count). The number of anilines is 2. The van der Waals surface area contributed by atoms with Gasteiger partial charge in [0, 0.05) is 32.6 Å². The SMILES string of the molecule is C=C(N=CCC)Nc1ccnc(N2CCC(OC)CC2)n1. The summed E-state index contributed by atoms with van der Waals surface area (Å²) in [6, 6.07) is 1.82. The molecule has 0 aromatic carbocycles. The molecular weight excluding hydrogens is 266 g/mol. The van der Waals surface area contributed by atoms with Gasteiger partial charge in [0.1, 0.15) is 11.6 Å². The van der Waals surface area contributed by atoms with E-state index in [1.807, 2.05) is 19.2 Å². The Balaban J connectivity index is 1.98. The maximum atomic E-state index is 5.38. The van der Waals surface area contributed by atoms with Crippen molar-refractivity contribution in [2.75, 3.05) is 30.4 Å². The van der Waals surface area contributed by atoms with Crippen molar-refractivity contribution >= 4 is 18.0 Å². The predicted molar refractivity (Wildman–Crippen MR) is 85.8 cm³/mol. The smallest absolute Gasteiger partial charge is 0.227 e. The van der Waals surface area contributed by atoms with Crippen LogP contribution in [0.15, 0.2) is 29.7 Å². The van der Waals surface area contributed by atoms with E-state index in [9.17, 15) is 0 Å². The van der Waals surface area contributed by atoms with Crippen molar-refractivity contribution in [3.63, 3.8) is 0 Å². The van der Waals surface area contributed by atoms with Crippen molar-refractivity contribution in [2.24, 2.45) is 4.99 Å². The molecule has 0 atom stereocenters. The predicted octanol–water partition coefficient (Wildman–Crippen LogP) is 2.46. The van der Waals surface area contributed by atoms with E-state index in [1.54, 1.807) is 13.3 Å². The molecule has 1 aliphatic rings. The van der Waals surface area contributed by atoms with E-state index >= 15 is 0 Å². The number of aromatic nitrogens is 2. The lowest BCUT2D eigenvalue weighted by molar-refractivity contribution is 0.0816. The Morgan fingerprint density at radius 1 is 1.57 bits per heavy atom. The molecule has 1 N–H and O–H groups in total. The summed E-state index contributed by atoms with van der Waals surface area (Å²) in [5, 5.41) is 3.08. The van der Waals surface area contributed by atoms with Crippen LogP contribution < -0.4 is 10.2 Å². The normalized spacial score (nSPS) is 16.4. The summed E-state index contributed by atoms with van der Waals surface area (Å²) in [5.74, 6) is 2.04. The number of piperidine rings is 1. The van der Waals surface area contributed by atoms with E-state index in [0.29, 0.717) is 17.7 Å². The number of methoxy groups -OCH3 is 1. The summed E-state index contributed by atoms with van der Waals surface area (Å²) in [5.41, 5.74) is 0. The van der Waals surface area contributed by atoms with Crippen molar-refractivity contribution in [1.29, 1.82) is 0 Å². The molecule has 0 unspecified atom stereocenters. The lowest BCUT2D eigenvalue weighted by Gasteiger charge is -2.31. The summed E-state index contributed by atoms with van der Waals surface area (Å²) in [4.78, 5) is 15.2. The third kappa shape index (κ3) is 4.53. The van der Waals surface area contributed by atoms with Gasteiger partial charge in [-0.05, 0) is 25.3 Å². The van der Waals surface area contributed by atoms with Crippen LogP contribution in [0, 0.1) is 0 Å². The molecular formula is C15H23N5O. The monoisotopic (exact) mass is 289 g/mol. The van der Waals surface area contributed by atoms with Crippen LogP contribution in [-0.2, 0) is 4.74 Å². The largest absolute Gasteiger partial charge is 0.381 e. The van der Waals surface area contributed by atoms with Crippen molar-refractivity contribution in [2.45, 2.75) is 32.3 Å². The molecule has 0 amide bonds. The molecule has 1 aromatic rings. The van der Waals surface area contributed by atoms with E-state index in [0.717, 1.165) is 38.3 Å². The standard InChI is InChI=1S/C15H23N5O/c1-4-8-16-12(2)18-14-5-9-17-15(19-14)20-10-6-13(21-3)7-11-20/h5,8-9,13H,2,4,6-7,10-11H2,1,3H3,(H,17,18,19). The van der Waals surface area contributed by atoms with E-state index < -0.39 is 0 Å². The van der Waals surface area contributed by atoms with E-state index in [1.165, 1.54) is 0 Å². The molecule has 0 spiro atoms. The summed E-state index contributed by atoms with van der Waals surface area (Å²) in [6.07, 6.45) is 6.81. The number of nitrogens with zero attached hydrogens (tertiary/aromatic N) is 4. The molecule has 2 heterocycles. The Hall–Kier alpha value is -1.95. The zero-order chi connectivity index (χ0) is 15.1. The molecule has 1 saturated heterocycles. The number of aliphatic imine (C=N–C) groups is 1. The number of hydrogen-bond acceptors (Lipinski definition) is 6. The van der Waals surface area contributed by atoms with Crippen LogP contribution in [0.25, 0.3) is 0 Å². The first-order valence-corrected chi connectivity index (χ1v) is 7.32. The molecule has 1 aromatic heterocycles. The Morgan fingerprint density at radius 3 is 3.00 bits per heavy atom. The van der Waals surface area contributed by atoms with Crippen LogP contribution in [0.2, 0.25) is 0 Å². The maximum Gasteiger partial charge on any atom is 0.227 e. The van der Waals surface area contributed by atoms with Gasteiger partial charge in [0.05, 0.1) is 6.10 Å². The van der Waals surface area contributed by atoms with Crippen LogP contribution in [-0.4, -0.2) is 42.5 Å². The first kappa shape index (κ1) is 15.4. The van der Waals surface area contributed by atoms with E-state index in [2.05, 4.69) is 31.8 Å². The fourth-order valence-electron chi connectivity index (χ4n) is 2.24. The lowest BCUT2D eigenvalue weighted by atomic mass is 10.1. The quantitative estimate of drug-likeness (QED) is 0.815. The molecule has 6 heteroatoms. The fourth-order valence-corrected chi connectivity index (χ4v) is 2.24. The van der Waals surface area contributed by atoms with Crippen molar-refractivity contribution in [1.82, 2.24) is 9.97 Å². The molecule has 0 aliphatic carbocycles. The number of hydrogen-bond donors (Lipinski definition) is 1. The highest BCUT2D eigenvalue weighted by molar-refractivity contribution is 5.59. The van der Waals surface area contributed by atoms with Gasteiger partial charge in [0.15, 0.2) is 0 Å². The van der Waals surface area contributed by atoms with Crippen LogP contribution in [0.3, 0.4) is 0 Å². The molecule has 1 aliphatic heterocycles. The third-order valence-electron chi connectivity index (χ3n) is 3.40. The summed E-state index contributed by atoms with van der Waals surface area (Å²) in [6.45, 7) is 7.71. The van der Waals surface area contributed by atoms with Gasteiger partial charge in [0.2, 0.25) is 5.95 Å². The fraction of sp³-hybridized carbons (Fsp3) is 0.533. The summed E-state index contributed by atoms with van der Waals surface area (Å²) < 4.78 is 5.38. The van der Waals surface area contributed by atoms with E-state index in [4.69, 9.17) is 4.74 Å². The zero-order valence-corrected chi connectivity index (χ0v) is 12.7. The second-order valence-electron chi connectivity index (χ2n) is 4.96. The Labute approximate surface area is 126 Å². The number of ether oxygens (including phenoxy) is 1. The summed E-state index contributed by atoms with van der Waals surface area (Å²) in [7, 11) is 1.77. The van der Waals surface area contributed by atoms with Gasteiger partial charge in [-0.15, -0.1) is 0 Å². The van der Waals surface area contributed by atoms with E-state index in [-0.39, 0.29) is 0 Å². The minimum atomic E-state index is 0.353. The average Bonchev–Trinajstić information content (AvgIpc) is 2.53. The first-order valence-electron chi connectivity index (χ1n) is 7.32. The Bertz CT molecular complexity index is 495. The van der Waals surface area contributed by atoms with Crippen LogP contribution in [0.1, 0.15) is 26.2 Å². The van der Waals surface area contributed by atoms with Gasteiger partial charge in [-0.3, -0.25) is 0 Å². The topological polar surface area (TPSA) is 62.6 Å². The first-order chi connectivity index (χ1) is 10.2. The molecule has 6 nitrogen and oxygen atoms in total. The minimum absolute atomic E-state index is 0.353. The van der Waals surface area contributed by atoms with Crippen LogP contribution in [0.4, 0.5) is 11.8 Å². The second kappa shape index (κ2) is 7.73. The second-order valence-corrected chi connectivity index (χ2v) is 4.96. The maximum absolute atomic E-state index is 5.38. The lowest BCUT2D eigenvalue weighted by Crippen LogP contribution is -2.37. The Morgan fingerprint density at radius 2 is 2.33 bits per heavy atom. The van der Waals surface area contributed by atoms with Crippen molar-refractivity contribution in [3.8, 4) is 0 Å². The molecule has 0 bridgehead atoms. The molecule has 0 saturated carbocycles. The minimum Gasteiger partial charge on any atom is -0.381 e. The zero-order valence-electron chi connectivity index (χ0n) is 12.7. The van der Waals surface area contributed by atoms with Crippen LogP contribution >= 0.6 is 0 Å². The van der Waals surface area contributed by atoms with Gasteiger partial charge >= 0.3 is 0 Å². The Kier molecular flexibility index (Phi) is 5.68. The van der Waals surface area contributed by atoms with Gasteiger partial charge in [-0.25, -0.2) is 9.98 Å². The summed E-state index contributed by atoms with van der Waals surface area (Å²) >= 11 is 0. The highest BCUT2D eigenvalue weighted by atomic mass is 16.5. The molecule has 21 heavy (non-hydrogen) atoms. The average molecular weight is 289 g/mol. The highest BCUT2D eigenvalue weighted by Gasteiger charge is 2.20. The third-order valence-corrected chi connectivity index (χ3v) is 3.40. The van der Waals surface area contributed by atoms with Crippen LogP contribution in [0.5, 0.6) is 0 Å². The van der Waals surface area contributed by atoms with Gasteiger partial charge in [0.25, 0.3) is 0 Å². The van der Waals surface area contributed by atoms with Gasteiger partial charge < -0.3 is 15.0 Å². The van der Waals surface area contributed by atoms with Gasteiger partial charge in [-0.2, -0.15) is 4.98 Å². The number of nitrogens with one attached hydrogen (secondary N) is 1. The number of rotatable bonds is 6. The van der Waals surface area contributed by atoms with Crippen molar-refractivity contribution < 1.29 is 4.74 Å². The van der Waals surface area contributed by atoms with Crippen molar-refractivity contribution in [3.05, 3.63) is 24.7 Å².